The lowest BCUT2D eigenvalue weighted by Gasteiger charge is -2.26. The molecule has 0 fully saturated rings. The minimum absolute atomic E-state index is 0.0500. The first-order chi connectivity index (χ1) is 6.72. The molecule has 0 aromatic heterocycles. The normalized spacial score (nSPS) is 14.7. The average molecular weight is 193 g/mol. The van der Waals surface area contributed by atoms with Crippen LogP contribution in [0.5, 0.6) is 5.75 Å². The highest BCUT2D eigenvalue weighted by Gasteiger charge is 2.21. The zero-order valence-corrected chi connectivity index (χ0v) is 7.78. The van der Waals surface area contributed by atoms with Gasteiger partial charge >= 0.3 is 0 Å². The van der Waals surface area contributed by atoms with Crippen molar-refractivity contribution >= 4 is 17.3 Å². The molecule has 1 amide bonds. The Balaban J connectivity index is 2.43. The summed E-state index contributed by atoms with van der Waals surface area (Å²) in [5, 5.41) is 0. The molecule has 2 rings (SSSR count). The van der Waals surface area contributed by atoms with Gasteiger partial charge in [0.15, 0.2) is 6.61 Å². The molecule has 0 atom stereocenters. The van der Waals surface area contributed by atoms with Gasteiger partial charge in [0.1, 0.15) is 5.75 Å². The number of nitrogens with two attached hydrogens (primary N) is 1. The first kappa shape index (κ1) is 8.83. The number of hydrogen-bond donors (Lipinski definition) is 2. The maximum Gasteiger partial charge on any atom is 0.264 e. The van der Waals surface area contributed by atoms with Gasteiger partial charge in [0.05, 0.1) is 11.4 Å². The van der Waals surface area contributed by atoms with Crippen molar-refractivity contribution < 1.29 is 9.53 Å². The molecule has 0 unspecified atom stereocenters. The van der Waals surface area contributed by atoms with Gasteiger partial charge in [-0.1, -0.05) is 0 Å². The molecule has 1 aliphatic heterocycles. The van der Waals surface area contributed by atoms with Gasteiger partial charge in [-0.3, -0.25) is 10.6 Å². The molecule has 3 N–H and O–H groups in total. The Bertz CT molecular complexity index is 378. The number of carbonyl (C=O) groups is 1. The molecule has 1 heterocycles. The Morgan fingerprint density at radius 2 is 2.36 bits per heavy atom. The Morgan fingerprint density at radius 3 is 3.07 bits per heavy atom. The molecule has 14 heavy (non-hydrogen) atoms. The van der Waals surface area contributed by atoms with Crippen LogP contribution >= 0.6 is 0 Å². The first-order valence-corrected chi connectivity index (χ1v) is 4.22. The number of ether oxygens (including phenoxy) is 1. The molecule has 1 aromatic rings. The maximum absolute atomic E-state index is 11.3. The summed E-state index contributed by atoms with van der Waals surface area (Å²) >= 11 is 0. The fourth-order valence-electron chi connectivity index (χ4n) is 1.37. The van der Waals surface area contributed by atoms with Gasteiger partial charge in [0.2, 0.25) is 0 Å². The fourth-order valence-corrected chi connectivity index (χ4v) is 1.37. The number of nitrogens with one attached hydrogen (secondary N) is 1. The van der Waals surface area contributed by atoms with E-state index in [-0.39, 0.29) is 12.5 Å². The molecule has 5 heteroatoms. The highest BCUT2D eigenvalue weighted by Crippen LogP contribution is 2.33. The number of likely N-dealkylation sites (N-methyl/N-ethyl adjacent to an activating group) is 1. The molecule has 74 valence electrons. The largest absolute Gasteiger partial charge is 0.481 e. The smallest absolute Gasteiger partial charge is 0.264 e. The molecule has 0 radical (unpaired) electrons. The summed E-state index contributed by atoms with van der Waals surface area (Å²) < 4.78 is 5.26. The number of benzene rings is 1. The van der Waals surface area contributed by atoms with Crippen molar-refractivity contribution in [3.63, 3.8) is 0 Å². The Hall–Kier alpha value is -1.75. The molecule has 0 bridgehead atoms. The highest BCUT2D eigenvalue weighted by molar-refractivity contribution is 5.97. The van der Waals surface area contributed by atoms with Crippen LogP contribution in [0, 0.1) is 0 Å². The van der Waals surface area contributed by atoms with Gasteiger partial charge in [0, 0.05) is 13.1 Å². The lowest BCUT2D eigenvalue weighted by molar-refractivity contribution is -0.120. The summed E-state index contributed by atoms with van der Waals surface area (Å²) in [7, 11) is 1.72. The van der Waals surface area contributed by atoms with E-state index in [4.69, 9.17) is 10.6 Å². The minimum Gasteiger partial charge on any atom is -0.481 e. The van der Waals surface area contributed by atoms with E-state index in [9.17, 15) is 4.79 Å². The molecule has 1 aromatic carbocycles. The molecule has 0 spiro atoms. The van der Waals surface area contributed by atoms with E-state index in [0.29, 0.717) is 5.75 Å². The minimum atomic E-state index is -0.0500. The standard InChI is InChI=1S/C9H11N3O2/c1-12-7-3-2-6(11-10)4-8(7)14-5-9(12)13/h2-4,11H,5,10H2,1H3. The summed E-state index contributed by atoms with van der Waals surface area (Å²) in [6.07, 6.45) is 0. The monoisotopic (exact) mass is 193 g/mol. The van der Waals surface area contributed by atoms with Gasteiger partial charge in [-0.15, -0.1) is 0 Å². The SMILES string of the molecule is CN1C(=O)COc2cc(NN)ccc21. The fraction of sp³-hybridized carbons (Fsp3) is 0.222. The number of fused-ring (bicyclic) bond motifs is 1. The second kappa shape index (κ2) is 3.19. The second-order valence-corrected chi connectivity index (χ2v) is 3.07. The van der Waals surface area contributed by atoms with Crippen molar-refractivity contribution in [2.75, 3.05) is 24.0 Å². The summed E-state index contributed by atoms with van der Waals surface area (Å²) in [5.74, 6) is 5.88. The molecule has 0 saturated heterocycles. The number of nitrogens with zero attached hydrogens (tertiary/aromatic N) is 1. The van der Waals surface area contributed by atoms with E-state index >= 15 is 0 Å². The lowest BCUT2D eigenvalue weighted by Crippen LogP contribution is -2.35. The van der Waals surface area contributed by atoms with Crippen molar-refractivity contribution in [3.8, 4) is 5.75 Å². The summed E-state index contributed by atoms with van der Waals surface area (Å²) in [6.45, 7) is 0.0809. The number of nitrogen functional groups attached to an aromatic ring is 1. The highest BCUT2D eigenvalue weighted by atomic mass is 16.5. The van der Waals surface area contributed by atoms with Crippen LogP contribution in [0.15, 0.2) is 18.2 Å². The first-order valence-electron chi connectivity index (χ1n) is 4.22. The van der Waals surface area contributed by atoms with Crippen molar-refractivity contribution in [3.05, 3.63) is 18.2 Å². The van der Waals surface area contributed by atoms with E-state index in [0.717, 1.165) is 11.4 Å². The predicted octanol–water partition coefficient (Wildman–Crippen LogP) is 0.327. The third-order valence-corrected chi connectivity index (χ3v) is 2.21. The van der Waals surface area contributed by atoms with Crippen LogP contribution in [-0.4, -0.2) is 19.6 Å². The van der Waals surface area contributed by atoms with Crippen molar-refractivity contribution in [1.82, 2.24) is 0 Å². The van der Waals surface area contributed by atoms with Gasteiger partial charge in [-0.05, 0) is 12.1 Å². The number of anilines is 2. The maximum atomic E-state index is 11.3. The van der Waals surface area contributed by atoms with E-state index in [1.807, 2.05) is 0 Å². The molecular formula is C9H11N3O2. The summed E-state index contributed by atoms with van der Waals surface area (Å²) in [4.78, 5) is 12.8. The lowest BCUT2D eigenvalue weighted by atomic mass is 10.2. The number of carbonyl (C=O) groups excluding carboxylic acids is 1. The average Bonchev–Trinajstić information content (AvgIpc) is 2.23. The van der Waals surface area contributed by atoms with Gasteiger partial charge in [-0.25, -0.2) is 0 Å². The van der Waals surface area contributed by atoms with Gasteiger partial charge in [-0.2, -0.15) is 0 Å². The summed E-state index contributed by atoms with van der Waals surface area (Å²) in [5.41, 5.74) is 4.04. The van der Waals surface area contributed by atoms with Crippen molar-refractivity contribution in [1.29, 1.82) is 0 Å². The zero-order chi connectivity index (χ0) is 10.1. The molecule has 1 aliphatic rings. The number of hydrazine groups is 1. The molecule has 0 saturated carbocycles. The van der Waals surface area contributed by atoms with Crippen LogP contribution in [0.3, 0.4) is 0 Å². The van der Waals surface area contributed by atoms with E-state index in [1.165, 1.54) is 0 Å². The topological polar surface area (TPSA) is 67.6 Å². The Labute approximate surface area is 81.4 Å². The molecule has 0 aliphatic carbocycles. The second-order valence-electron chi connectivity index (χ2n) is 3.07. The van der Waals surface area contributed by atoms with Crippen LogP contribution < -0.4 is 20.9 Å². The van der Waals surface area contributed by atoms with Crippen molar-refractivity contribution in [2.24, 2.45) is 5.84 Å². The van der Waals surface area contributed by atoms with Crippen molar-refractivity contribution in [2.45, 2.75) is 0 Å². The van der Waals surface area contributed by atoms with E-state index in [1.54, 1.807) is 30.1 Å². The Kier molecular flexibility index (Phi) is 2.01. The van der Waals surface area contributed by atoms with Gasteiger partial charge < -0.3 is 15.1 Å². The Morgan fingerprint density at radius 1 is 1.57 bits per heavy atom. The number of amides is 1. The van der Waals surface area contributed by atoms with Gasteiger partial charge in [0.25, 0.3) is 5.91 Å². The molecule has 5 nitrogen and oxygen atoms in total. The third kappa shape index (κ3) is 1.27. The predicted molar refractivity (Wildman–Crippen MR) is 53.2 cm³/mol. The third-order valence-electron chi connectivity index (χ3n) is 2.21. The molecular weight excluding hydrogens is 182 g/mol. The van der Waals surface area contributed by atoms with Crippen LogP contribution in [0.2, 0.25) is 0 Å². The van der Waals surface area contributed by atoms with Crippen LogP contribution in [0.25, 0.3) is 0 Å². The quantitative estimate of drug-likeness (QED) is 0.498. The van der Waals surface area contributed by atoms with E-state index < -0.39 is 0 Å². The van der Waals surface area contributed by atoms with E-state index in [2.05, 4.69) is 5.43 Å². The number of rotatable bonds is 1. The van der Waals surface area contributed by atoms with Crippen LogP contribution in [0.1, 0.15) is 0 Å². The van der Waals surface area contributed by atoms with Crippen LogP contribution in [-0.2, 0) is 4.79 Å². The number of hydrogen-bond acceptors (Lipinski definition) is 4. The zero-order valence-electron chi connectivity index (χ0n) is 7.78. The van der Waals surface area contributed by atoms with Crippen LogP contribution in [0.4, 0.5) is 11.4 Å². The summed E-state index contributed by atoms with van der Waals surface area (Å²) in [6, 6.07) is 5.34.